The molecule has 1 aliphatic rings. The van der Waals surface area contributed by atoms with Gasteiger partial charge in [-0.25, -0.2) is 4.98 Å². The Morgan fingerprint density at radius 1 is 1.17 bits per heavy atom. The van der Waals surface area contributed by atoms with Crippen molar-refractivity contribution >= 4 is 40.4 Å². The molecule has 0 atom stereocenters. The van der Waals surface area contributed by atoms with Crippen LogP contribution in [0.3, 0.4) is 0 Å². The average molecular weight is 350 g/mol. The minimum absolute atomic E-state index is 0.0329. The SMILES string of the molecule is O=C(Cc1csc(-c2ccsc2)n1)NNC(=O)C(=O)NC1CC1. The molecule has 0 bridgehead atoms. The van der Waals surface area contributed by atoms with Crippen LogP contribution in [0.1, 0.15) is 18.5 Å². The van der Waals surface area contributed by atoms with Crippen molar-refractivity contribution in [1.82, 2.24) is 21.2 Å². The van der Waals surface area contributed by atoms with E-state index in [1.807, 2.05) is 16.8 Å². The Labute approximate surface area is 140 Å². The highest BCUT2D eigenvalue weighted by Gasteiger charge is 2.26. The summed E-state index contributed by atoms with van der Waals surface area (Å²) < 4.78 is 0. The second kappa shape index (κ2) is 6.88. The van der Waals surface area contributed by atoms with Crippen molar-refractivity contribution in [2.24, 2.45) is 0 Å². The van der Waals surface area contributed by atoms with Crippen molar-refractivity contribution in [3.05, 3.63) is 27.9 Å². The molecule has 2 aromatic rings. The molecule has 120 valence electrons. The van der Waals surface area contributed by atoms with Gasteiger partial charge in [0, 0.05) is 22.4 Å². The van der Waals surface area contributed by atoms with Gasteiger partial charge in [0.05, 0.1) is 12.1 Å². The summed E-state index contributed by atoms with van der Waals surface area (Å²) in [4.78, 5) is 39.0. The standard InChI is InChI=1S/C14H14N4O3S2/c19-11(17-18-13(21)12(20)15-9-1-2-9)5-10-7-23-14(16-10)8-3-4-22-6-8/h3-4,6-7,9H,1-2,5H2,(H,15,20)(H,17,19)(H,18,21). The molecule has 1 saturated carbocycles. The summed E-state index contributed by atoms with van der Waals surface area (Å²) in [7, 11) is 0. The minimum atomic E-state index is -0.873. The predicted molar refractivity (Wildman–Crippen MR) is 86.6 cm³/mol. The molecular weight excluding hydrogens is 336 g/mol. The lowest BCUT2D eigenvalue weighted by molar-refractivity contribution is -0.140. The zero-order valence-electron chi connectivity index (χ0n) is 12.0. The number of thiazole rings is 1. The van der Waals surface area contributed by atoms with Gasteiger partial charge in [0.25, 0.3) is 0 Å². The van der Waals surface area contributed by atoms with Crippen molar-refractivity contribution < 1.29 is 14.4 Å². The number of hydrogen-bond acceptors (Lipinski definition) is 6. The van der Waals surface area contributed by atoms with Gasteiger partial charge in [-0.3, -0.25) is 25.2 Å². The van der Waals surface area contributed by atoms with Crippen LogP contribution < -0.4 is 16.2 Å². The van der Waals surface area contributed by atoms with Crippen LogP contribution in [-0.2, 0) is 20.8 Å². The van der Waals surface area contributed by atoms with Crippen molar-refractivity contribution in [1.29, 1.82) is 0 Å². The van der Waals surface area contributed by atoms with Crippen LogP contribution in [0.4, 0.5) is 0 Å². The molecule has 9 heteroatoms. The van der Waals surface area contributed by atoms with E-state index in [2.05, 4.69) is 21.2 Å². The molecule has 23 heavy (non-hydrogen) atoms. The highest BCUT2D eigenvalue weighted by atomic mass is 32.1. The number of hydrogen-bond donors (Lipinski definition) is 3. The number of amides is 3. The molecule has 0 unspecified atom stereocenters. The number of carbonyl (C=O) groups excluding carboxylic acids is 3. The molecule has 1 fully saturated rings. The van der Waals surface area contributed by atoms with Crippen LogP contribution in [0, 0.1) is 0 Å². The van der Waals surface area contributed by atoms with Gasteiger partial charge in [0.1, 0.15) is 5.01 Å². The number of rotatable bonds is 4. The molecule has 1 aliphatic carbocycles. The highest BCUT2D eigenvalue weighted by Crippen LogP contribution is 2.25. The molecule has 3 amide bonds. The molecule has 0 aromatic carbocycles. The minimum Gasteiger partial charge on any atom is -0.345 e. The van der Waals surface area contributed by atoms with Gasteiger partial charge < -0.3 is 5.32 Å². The Morgan fingerprint density at radius 3 is 2.70 bits per heavy atom. The average Bonchev–Trinajstić information content (AvgIpc) is 3.02. The lowest BCUT2D eigenvalue weighted by Gasteiger charge is -2.06. The van der Waals surface area contributed by atoms with Crippen LogP contribution in [0.15, 0.2) is 22.2 Å². The molecule has 3 N–H and O–H groups in total. The smallest absolute Gasteiger partial charge is 0.327 e. The summed E-state index contributed by atoms with van der Waals surface area (Å²) in [5.74, 6) is -2.04. The Kier molecular flexibility index (Phi) is 4.68. The van der Waals surface area contributed by atoms with E-state index in [0.717, 1.165) is 23.4 Å². The first-order valence-corrected chi connectivity index (χ1v) is 8.80. The van der Waals surface area contributed by atoms with Crippen molar-refractivity contribution in [3.63, 3.8) is 0 Å². The lowest BCUT2D eigenvalue weighted by atomic mass is 10.3. The Morgan fingerprint density at radius 2 is 2.00 bits per heavy atom. The third kappa shape index (κ3) is 4.36. The largest absolute Gasteiger partial charge is 0.345 e. The fourth-order valence-electron chi connectivity index (χ4n) is 1.78. The zero-order chi connectivity index (χ0) is 16.2. The highest BCUT2D eigenvalue weighted by molar-refractivity contribution is 7.14. The molecule has 2 aromatic heterocycles. The zero-order valence-corrected chi connectivity index (χ0v) is 13.6. The van der Waals surface area contributed by atoms with Crippen LogP contribution in [0.5, 0.6) is 0 Å². The molecule has 0 radical (unpaired) electrons. The first-order chi connectivity index (χ1) is 11.1. The van der Waals surface area contributed by atoms with Crippen LogP contribution >= 0.6 is 22.7 Å². The molecule has 0 spiro atoms. The number of aromatic nitrogens is 1. The molecular formula is C14H14N4O3S2. The first-order valence-electron chi connectivity index (χ1n) is 6.98. The number of hydrazine groups is 1. The van der Waals surface area contributed by atoms with Gasteiger partial charge in [-0.05, 0) is 24.3 Å². The van der Waals surface area contributed by atoms with E-state index >= 15 is 0 Å². The molecule has 7 nitrogen and oxygen atoms in total. The second-order valence-corrected chi connectivity index (χ2v) is 6.72. The van der Waals surface area contributed by atoms with E-state index in [1.165, 1.54) is 11.3 Å². The van der Waals surface area contributed by atoms with Gasteiger partial charge in [0.2, 0.25) is 5.91 Å². The van der Waals surface area contributed by atoms with Crippen molar-refractivity contribution in [2.45, 2.75) is 25.3 Å². The second-order valence-electron chi connectivity index (χ2n) is 5.08. The molecule has 2 heterocycles. The van der Waals surface area contributed by atoms with Gasteiger partial charge in [-0.15, -0.1) is 11.3 Å². The summed E-state index contributed by atoms with van der Waals surface area (Å²) >= 11 is 3.04. The number of nitrogens with zero attached hydrogens (tertiary/aromatic N) is 1. The molecule has 0 aliphatic heterocycles. The van der Waals surface area contributed by atoms with Gasteiger partial charge in [0.15, 0.2) is 0 Å². The van der Waals surface area contributed by atoms with Crippen LogP contribution in [0.25, 0.3) is 10.6 Å². The number of thiophene rings is 1. The van der Waals surface area contributed by atoms with Crippen LogP contribution in [0.2, 0.25) is 0 Å². The molecule has 0 saturated heterocycles. The van der Waals surface area contributed by atoms with E-state index < -0.39 is 17.7 Å². The van der Waals surface area contributed by atoms with Gasteiger partial charge in [-0.2, -0.15) is 11.3 Å². The molecule has 3 rings (SSSR count). The maximum Gasteiger partial charge on any atom is 0.327 e. The summed E-state index contributed by atoms with van der Waals surface area (Å²) in [5, 5.41) is 9.13. The Hall–Kier alpha value is -2.26. The maximum atomic E-state index is 11.8. The van der Waals surface area contributed by atoms with Crippen molar-refractivity contribution in [3.8, 4) is 10.6 Å². The fourth-order valence-corrected chi connectivity index (χ4v) is 3.31. The third-order valence-corrected chi connectivity index (χ3v) is 4.72. The normalized spacial score (nSPS) is 13.4. The summed E-state index contributed by atoms with van der Waals surface area (Å²) in [6.07, 6.45) is 1.81. The van der Waals surface area contributed by atoms with E-state index in [1.54, 1.807) is 16.7 Å². The van der Waals surface area contributed by atoms with Gasteiger partial charge in [-0.1, -0.05) is 0 Å². The van der Waals surface area contributed by atoms with E-state index in [4.69, 9.17) is 0 Å². The van der Waals surface area contributed by atoms with E-state index in [9.17, 15) is 14.4 Å². The van der Waals surface area contributed by atoms with E-state index in [0.29, 0.717) is 5.69 Å². The van der Waals surface area contributed by atoms with Crippen molar-refractivity contribution in [2.75, 3.05) is 0 Å². The monoisotopic (exact) mass is 350 g/mol. The Bertz CT molecular complexity index is 722. The van der Waals surface area contributed by atoms with Crippen LogP contribution in [-0.4, -0.2) is 28.7 Å². The quantitative estimate of drug-likeness (QED) is 0.562. The predicted octanol–water partition coefficient (Wildman–Crippen LogP) is 0.840. The first kappa shape index (κ1) is 15.6. The topological polar surface area (TPSA) is 100 Å². The fraction of sp³-hybridized carbons (Fsp3) is 0.286. The summed E-state index contributed by atoms with van der Waals surface area (Å²) in [6, 6.07) is 2.06. The summed E-state index contributed by atoms with van der Waals surface area (Å²) in [5.41, 5.74) is 5.95. The summed E-state index contributed by atoms with van der Waals surface area (Å²) in [6.45, 7) is 0. The Balaban J connectivity index is 1.45. The van der Waals surface area contributed by atoms with Gasteiger partial charge >= 0.3 is 11.8 Å². The number of carbonyl (C=O) groups is 3. The maximum absolute atomic E-state index is 11.8. The van der Waals surface area contributed by atoms with E-state index in [-0.39, 0.29) is 12.5 Å². The third-order valence-electron chi connectivity index (χ3n) is 3.10. The number of nitrogens with one attached hydrogen (secondary N) is 3. The lowest BCUT2D eigenvalue weighted by Crippen LogP contribution is -2.49.